The molecule has 9 heteroatoms. The normalized spacial score (nSPS) is 20.0. The van der Waals surface area contributed by atoms with Gasteiger partial charge in [-0.15, -0.1) is 11.3 Å². The van der Waals surface area contributed by atoms with Crippen LogP contribution in [-0.4, -0.2) is 69.8 Å². The van der Waals surface area contributed by atoms with Crippen molar-refractivity contribution >= 4 is 85.7 Å². The van der Waals surface area contributed by atoms with Gasteiger partial charge >= 0.3 is 0 Å². The van der Waals surface area contributed by atoms with E-state index in [4.69, 9.17) is 10.1 Å². The van der Waals surface area contributed by atoms with Crippen LogP contribution in [0.3, 0.4) is 0 Å². The molecule has 0 aliphatic carbocycles. The van der Waals surface area contributed by atoms with Crippen molar-refractivity contribution in [3.8, 4) is 0 Å². The summed E-state index contributed by atoms with van der Waals surface area (Å²) >= 11 is 10.2. The van der Waals surface area contributed by atoms with Crippen LogP contribution < -0.4 is 9.91 Å². The van der Waals surface area contributed by atoms with Crippen molar-refractivity contribution in [3.05, 3.63) is 89.4 Å². The Labute approximate surface area is 265 Å². The molecule has 0 saturated carbocycles. The number of hydrogen-bond acceptors (Lipinski definition) is 9. The molecular formula is C32H36N4S5. The summed E-state index contributed by atoms with van der Waals surface area (Å²) in [4.78, 5) is 7.53. The zero-order chi connectivity index (χ0) is 27.7. The highest BCUT2D eigenvalue weighted by Crippen LogP contribution is 2.38. The molecule has 0 amide bonds. The molecule has 4 nitrogen and oxygen atoms in total. The fourth-order valence-electron chi connectivity index (χ4n) is 5.10. The fraction of sp³-hybridized carbons (Fsp3) is 0.375. The molecule has 3 heterocycles. The van der Waals surface area contributed by atoms with Crippen molar-refractivity contribution in [1.29, 1.82) is 0 Å². The van der Waals surface area contributed by atoms with Crippen molar-refractivity contribution in [1.82, 2.24) is 4.98 Å². The zero-order valence-electron chi connectivity index (χ0n) is 23.2. The minimum Gasteiger partial charge on any atom is -0.370 e. The number of thiazole rings is 1. The lowest BCUT2D eigenvalue weighted by atomic mass is 10.0. The van der Waals surface area contributed by atoms with Gasteiger partial charge in [-0.3, -0.25) is 5.01 Å². The van der Waals surface area contributed by atoms with Gasteiger partial charge in [-0.1, -0.05) is 42.5 Å². The molecule has 1 aromatic heterocycles. The Bertz CT molecular complexity index is 1360. The molecule has 2 aliphatic heterocycles. The maximum absolute atomic E-state index is 5.15. The Morgan fingerprint density at radius 2 is 1.22 bits per heavy atom. The van der Waals surface area contributed by atoms with Crippen LogP contribution in [0.4, 0.5) is 11.4 Å². The summed E-state index contributed by atoms with van der Waals surface area (Å²) in [7, 11) is 0. The number of nitrogens with zero attached hydrogens (tertiary/aromatic N) is 4. The molecule has 4 aromatic rings. The second kappa shape index (κ2) is 15.1. The topological polar surface area (TPSA) is 31.7 Å². The molecule has 0 N–H and O–H groups in total. The van der Waals surface area contributed by atoms with Gasteiger partial charge in [0.15, 0.2) is 0 Å². The van der Waals surface area contributed by atoms with Crippen molar-refractivity contribution in [2.75, 3.05) is 69.0 Å². The third-order valence-corrected chi connectivity index (χ3v) is 13.0. The van der Waals surface area contributed by atoms with Crippen LogP contribution in [0.2, 0.25) is 0 Å². The van der Waals surface area contributed by atoms with Gasteiger partial charge in [-0.25, -0.2) is 4.98 Å². The molecule has 1 fully saturated rings. The molecule has 3 aromatic carbocycles. The van der Waals surface area contributed by atoms with Crippen LogP contribution in [0, 0.1) is 0 Å². The third-order valence-electron chi connectivity index (χ3n) is 7.24. The summed E-state index contributed by atoms with van der Waals surface area (Å²) in [6.45, 7) is 2.21. The van der Waals surface area contributed by atoms with Gasteiger partial charge < -0.3 is 4.90 Å². The minimum atomic E-state index is 0.150. The number of benzene rings is 3. The maximum atomic E-state index is 5.15. The monoisotopic (exact) mass is 636 g/mol. The SMILES string of the molecule is c1ccc(N2N=C(c3nc4ccccc4s3)CC2c2ccc(N3CCSCCSCCSCCSCC3)cc2)cc1. The largest absolute Gasteiger partial charge is 0.370 e. The molecule has 0 radical (unpaired) electrons. The summed E-state index contributed by atoms with van der Waals surface area (Å²) in [5.74, 6) is 10.0. The number of rotatable bonds is 4. The second-order valence-corrected chi connectivity index (χ2v) is 15.9. The summed E-state index contributed by atoms with van der Waals surface area (Å²) in [5, 5.41) is 8.38. The van der Waals surface area contributed by atoms with E-state index in [1.165, 1.54) is 62.0 Å². The van der Waals surface area contributed by atoms with E-state index >= 15 is 0 Å². The number of hydrogen-bond donors (Lipinski definition) is 0. The molecule has 41 heavy (non-hydrogen) atoms. The van der Waals surface area contributed by atoms with Gasteiger partial charge in [0.05, 0.1) is 27.7 Å². The van der Waals surface area contributed by atoms with Crippen LogP contribution in [-0.2, 0) is 0 Å². The first-order valence-corrected chi connectivity index (χ1v) is 19.7. The van der Waals surface area contributed by atoms with Crippen molar-refractivity contribution in [2.24, 2.45) is 5.10 Å². The molecular weight excluding hydrogens is 601 g/mol. The Morgan fingerprint density at radius 1 is 0.610 bits per heavy atom. The Balaban J connectivity index is 1.19. The summed E-state index contributed by atoms with van der Waals surface area (Å²) in [6, 6.07) is 28.4. The molecule has 1 unspecified atom stereocenters. The minimum absolute atomic E-state index is 0.150. The van der Waals surface area contributed by atoms with Gasteiger partial charge in [0.2, 0.25) is 0 Å². The quantitative estimate of drug-likeness (QED) is 0.222. The van der Waals surface area contributed by atoms with E-state index in [2.05, 4.69) is 136 Å². The van der Waals surface area contributed by atoms with Crippen molar-refractivity contribution in [3.63, 3.8) is 0 Å². The lowest BCUT2D eigenvalue weighted by Crippen LogP contribution is -2.28. The highest BCUT2D eigenvalue weighted by molar-refractivity contribution is 8.05. The first kappa shape index (κ1) is 29.3. The zero-order valence-corrected chi connectivity index (χ0v) is 27.3. The predicted octanol–water partition coefficient (Wildman–Crippen LogP) is 8.40. The molecule has 6 rings (SSSR count). The van der Waals surface area contributed by atoms with Gasteiger partial charge in [-0.05, 0) is 42.0 Å². The second-order valence-electron chi connectivity index (χ2n) is 9.96. The number of hydrazone groups is 1. The lowest BCUT2D eigenvalue weighted by molar-refractivity contribution is 0.708. The van der Waals surface area contributed by atoms with E-state index in [9.17, 15) is 0 Å². The van der Waals surface area contributed by atoms with Crippen LogP contribution in [0.25, 0.3) is 10.2 Å². The maximum Gasteiger partial charge on any atom is 0.140 e. The van der Waals surface area contributed by atoms with E-state index < -0.39 is 0 Å². The Kier molecular flexibility index (Phi) is 10.8. The highest BCUT2D eigenvalue weighted by Gasteiger charge is 2.31. The molecule has 2 aliphatic rings. The average molecular weight is 637 g/mol. The first-order valence-electron chi connectivity index (χ1n) is 14.3. The van der Waals surface area contributed by atoms with E-state index in [1.54, 1.807) is 11.3 Å². The van der Waals surface area contributed by atoms with Gasteiger partial charge in [0.1, 0.15) is 5.01 Å². The Hall–Kier alpha value is -1.78. The number of thioether (sulfide) groups is 4. The van der Waals surface area contributed by atoms with Crippen LogP contribution in [0.1, 0.15) is 23.0 Å². The standard InChI is InChI=1S/C32H36N4S5/c1-2-6-27(7-3-1)36-30(24-29(34-36)32-33-28-8-4-5-9-31(28)41-32)25-10-12-26(13-11-25)35-14-16-37-18-20-39-22-23-40-21-19-38-17-15-35/h1-13,30H,14-24H2. The average Bonchev–Trinajstić information content (AvgIpc) is 3.65. The summed E-state index contributed by atoms with van der Waals surface area (Å²) in [6.07, 6.45) is 0.848. The lowest BCUT2D eigenvalue weighted by Gasteiger charge is -2.27. The van der Waals surface area contributed by atoms with Crippen molar-refractivity contribution < 1.29 is 0 Å². The molecule has 1 saturated heterocycles. The molecule has 0 bridgehead atoms. The highest BCUT2D eigenvalue weighted by atomic mass is 32.2. The number of anilines is 2. The van der Waals surface area contributed by atoms with E-state index in [0.29, 0.717) is 0 Å². The Morgan fingerprint density at radius 3 is 1.88 bits per heavy atom. The molecule has 214 valence electrons. The van der Waals surface area contributed by atoms with Gasteiger partial charge in [-0.2, -0.15) is 52.1 Å². The van der Waals surface area contributed by atoms with Crippen molar-refractivity contribution in [2.45, 2.75) is 12.5 Å². The first-order chi connectivity index (χ1) is 20.3. The van der Waals surface area contributed by atoms with E-state index in [-0.39, 0.29) is 6.04 Å². The van der Waals surface area contributed by atoms with Gasteiger partial charge in [0.25, 0.3) is 0 Å². The van der Waals surface area contributed by atoms with E-state index in [0.717, 1.165) is 41.4 Å². The fourth-order valence-corrected chi connectivity index (χ4v) is 10.4. The summed E-state index contributed by atoms with van der Waals surface area (Å²) < 4.78 is 1.21. The summed E-state index contributed by atoms with van der Waals surface area (Å²) in [5.41, 5.74) is 5.87. The van der Waals surface area contributed by atoms with Crippen LogP contribution in [0.15, 0.2) is 84.0 Å². The third kappa shape index (κ3) is 7.79. The van der Waals surface area contributed by atoms with Crippen LogP contribution in [0.5, 0.6) is 0 Å². The van der Waals surface area contributed by atoms with Gasteiger partial charge in [0, 0.05) is 71.2 Å². The molecule has 1 atom stereocenters. The molecule has 0 spiro atoms. The smallest absolute Gasteiger partial charge is 0.140 e. The van der Waals surface area contributed by atoms with E-state index in [1.807, 2.05) is 0 Å². The van der Waals surface area contributed by atoms with Crippen LogP contribution >= 0.6 is 58.4 Å². The number of aromatic nitrogens is 1. The predicted molar refractivity (Wildman–Crippen MR) is 190 cm³/mol. The number of fused-ring (bicyclic) bond motifs is 1. The number of para-hydroxylation sites is 2.